The van der Waals surface area contributed by atoms with E-state index in [1.165, 1.54) is 7.11 Å². The van der Waals surface area contributed by atoms with E-state index in [0.717, 1.165) is 11.3 Å². The second-order valence-electron chi connectivity index (χ2n) is 9.09. The summed E-state index contributed by atoms with van der Waals surface area (Å²) in [4.78, 5) is 32.8. The number of rotatable bonds is 8. The number of hydrogen-bond acceptors (Lipinski definition) is 10. The maximum Gasteiger partial charge on any atom is 0.407 e. The van der Waals surface area contributed by atoms with Crippen molar-refractivity contribution < 1.29 is 28.9 Å². The fourth-order valence-corrected chi connectivity index (χ4v) is 3.59. The van der Waals surface area contributed by atoms with E-state index in [1.54, 1.807) is 46.0 Å². The first-order valence-electron chi connectivity index (χ1n) is 11.4. The van der Waals surface area contributed by atoms with Crippen molar-refractivity contribution in [3.8, 4) is 5.88 Å². The van der Waals surface area contributed by atoms with Crippen molar-refractivity contribution in [2.45, 2.75) is 58.3 Å². The summed E-state index contributed by atoms with van der Waals surface area (Å²) in [5.74, 6) is 0.455. The van der Waals surface area contributed by atoms with Crippen LogP contribution in [0.3, 0.4) is 0 Å². The fraction of sp³-hybridized carbons (Fsp3) is 0.500. The standard InChI is InChI=1S/C24H33N5O6/c1-6-34-21(31)13-26-16-7-8-20(33-5)29-22(16)27-15-9-14-10-19(30)18(11-17(14)25-12-15)28-23(32)35-24(2,3)4/h7-9,12,18-19,26,30H,6,10-11,13H2,1-5H3,(H,27,29)(H,28,32)/t18-,19-/m0/s1. The highest BCUT2D eigenvalue weighted by atomic mass is 16.6. The van der Waals surface area contributed by atoms with Gasteiger partial charge in [-0.1, -0.05) is 0 Å². The fourth-order valence-electron chi connectivity index (χ4n) is 3.59. The summed E-state index contributed by atoms with van der Waals surface area (Å²) in [6, 6.07) is 4.81. The molecule has 190 valence electrons. The Bertz CT molecular complexity index is 1060. The molecule has 0 spiro atoms. The highest BCUT2D eigenvalue weighted by Crippen LogP contribution is 2.29. The number of aliphatic hydroxyl groups is 1. The van der Waals surface area contributed by atoms with Crippen LogP contribution in [-0.4, -0.2) is 65.1 Å². The van der Waals surface area contributed by atoms with Gasteiger partial charge in [0.25, 0.3) is 0 Å². The largest absolute Gasteiger partial charge is 0.481 e. The van der Waals surface area contributed by atoms with Crippen molar-refractivity contribution in [3.63, 3.8) is 0 Å². The van der Waals surface area contributed by atoms with Crippen molar-refractivity contribution in [1.82, 2.24) is 15.3 Å². The summed E-state index contributed by atoms with van der Waals surface area (Å²) in [5.41, 5.74) is 2.24. The van der Waals surface area contributed by atoms with E-state index in [1.807, 2.05) is 6.07 Å². The molecule has 1 aliphatic rings. The number of aliphatic hydroxyl groups excluding tert-OH is 1. The molecule has 1 amide bonds. The third-order valence-electron chi connectivity index (χ3n) is 5.14. The van der Waals surface area contributed by atoms with Crippen molar-refractivity contribution in [2.75, 3.05) is 30.9 Å². The number of methoxy groups -OCH3 is 1. The molecule has 1 aliphatic carbocycles. The SMILES string of the molecule is CCOC(=O)CNc1ccc(OC)nc1Nc1cnc2c(c1)C[C@H](O)[C@@H](NC(=O)OC(C)(C)C)C2. The zero-order valence-corrected chi connectivity index (χ0v) is 20.7. The molecule has 0 bridgehead atoms. The highest BCUT2D eigenvalue weighted by molar-refractivity contribution is 5.78. The van der Waals surface area contributed by atoms with Crippen LogP contribution in [0.25, 0.3) is 0 Å². The van der Waals surface area contributed by atoms with Gasteiger partial charge in [-0.05, 0) is 45.4 Å². The number of ether oxygens (including phenoxy) is 3. The van der Waals surface area contributed by atoms with Gasteiger partial charge in [0.1, 0.15) is 12.1 Å². The second kappa shape index (κ2) is 11.2. The minimum absolute atomic E-state index is 0.0167. The molecule has 0 aromatic carbocycles. The molecular weight excluding hydrogens is 454 g/mol. The van der Waals surface area contributed by atoms with Gasteiger partial charge in [-0.15, -0.1) is 0 Å². The molecule has 0 saturated heterocycles. The van der Waals surface area contributed by atoms with Gasteiger partial charge in [0.05, 0.1) is 43.4 Å². The van der Waals surface area contributed by atoms with E-state index < -0.39 is 23.8 Å². The predicted octanol–water partition coefficient (Wildman–Crippen LogP) is 2.56. The molecule has 11 nitrogen and oxygen atoms in total. The Morgan fingerprint density at radius 1 is 1.23 bits per heavy atom. The molecule has 35 heavy (non-hydrogen) atoms. The molecule has 3 rings (SSSR count). The van der Waals surface area contributed by atoms with E-state index in [-0.39, 0.29) is 12.5 Å². The van der Waals surface area contributed by atoms with E-state index in [0.29, 0.717) is 42.5 Å². The maximum atomic E-state index is 12.1. The summed E-state index contributed by atoms with van der Waals surface area (Å²) in [6.45, 7) is 7.37. The molecule has 2 aromatic heterocycles. The number of hydrogen-bond donors (Lipinski definition) is 4. The molecule has 0 radical (unpaired) electrons. The van der Waals surface area contributed by atoms with Crippen LogP contribution in [0.2, 0.25) is 0 Å². The Morgan fingerprint density at radius 2 is 2.00 bits per heavy atom. The van der Waals surface area contributed by atoms with Gasteiger partial charge < -0.3 is 35.3 Å². The summed E-state index contributed by atoms with van der Waals surface area (Å²) in [6.07, 6.45) is 0.980. The normalized spacial score (nSPS) is 17.1. The summed E-state index contributed by atoms with van der Waals surface area (Å²) in [7, 11) is 1.52. The second-order valence-corrected chi connectivity index (χ2v) is 9.09. The average molecular weight is 488 g/mol. The molecule has 2 heterocycles. The van der Waals surface area contributed by atoms with E-state index in [9.17, 15) is 14.7 Å². The smallest absolute Gasteiger partial charge is 0.407 e. The van der Waals surface area contributed by atoms with E-state index in [2.05, 4.69) is 25.9 Å². The quantitative estimate of drug-likeness (QED) is 0.410. The van der Waals surface area contributed by atoms with Gasteiger partial charge in [-0.25, -0.2) is 4.79 Å². The van der Waals surface area contributed by atoms with Crippen LogP contribution in [-0.2, 0) is 27.1 Å². The maximum absolute atomic E-state index is 12.1. The molecule has 0 aliphatic heterocycles. The number of pyridine rings is 2. The van der Waals surface area contributed by atoms with Crippen LogP contribution in [0.1, 0.15) is 39.0 Å². The summed E-state index contributed by atoms with van der Waals surface area (Å²) >= 11 is 0. The number of aromatic nitrogens is 2. The number of carbonyl (C=O) groups excluding carboxylic acids is 2. The predicted molar refractivity (Wildman–Crippen MR) is 130 cm³/mol. The lowest BCUT2D eigenvalue weighted by Crippen LogP contribution is -2.49. The van der Waals surface area contributed by atoms with Gasteiger partial charge in [0.15, 0.2) is 5.82 Å². The Labute approximate surface area is 204 Å². The minimum Gasteiger partial charge on any atom is -0.481 e. The van der Waals surface area contributed by atoms with Crippen molar-refractivity contribution in [2.24, 2.45) is 0 Å². The van der Waals surface area contributed by atoms with Gasteiger partial charge >= 0.3 is 12.1 Å². The molecule has 0 saturated carbocycles. The monoisotopic (exact) mass is 487 g/mol. The van der Waals surface area contributed by atoms with Gasteiger partial charge in [0.2, 0.25) is 5.88 Å². The first-order valence-corrected chi connectivity index (χ1v) is 11.4. The van der Waals surface area contributed by atoms with Crippen LogP contribution in [0.5, 0.6) is 5.88 Å². The molecule has 2 atom stereocenters. The lowest BCUT2D eigenvalue weighted by atomic mass is 9.89. The van der Waals surface area contributed by atoms with Crippen LogP contribution in [0.15, 0.2) is 24.4 Å². The van der Waals surface area contributed by atoms with E-state index >= 15 is 0 Å². The summed E-state index contributed by atoms with van der Waals surface area (Å²) in [5, 5.41) is 19.6. The molecule has 2 aromatic rings. The molecule has 4 N–H and O–H groups in total. The van der Waals surface area contributed by atoms with Crippen LogP contribution >= 0.6 is 0 Å². The molecule has 0 unspecified atom stereocenters. The zero-order chi connectivity index (χ0) is 25.6. The molecule has 11 heteroatoms. The number of esters is 1. The van der Waals surface area contributed by atoms with Crippen molar-refractivity contribution >= 4 is 29.3 Å². The number of carbonyl (C=O) groups is 2. The number of anilines is 3. The number of nitrogens with zero attached hydrogens (tertiary/aromatic N) is 2. The van der Waals surface area contributed by atoms with Crippen molar-refractivity contribution in [3.05, 3.63) is 35.7 Å². The van der Waals surface area contributed by atoms with E-state index in [4.69, 9.17) is 14.2 Å². The Hall–Kier alpha value is -3.60. The third-order valence-corrected chi connectivity index (χ3v) is 5.14. The molecule has 0 fully saturated rings. The Kier molecular flexibility index (Phi) is 8.34. The third kappa shape index (κ3) is 7.44. The number of amides is 1. The topological polar surface area (TPSA) is 144 Å². The van der Waals surface area contributed by atoms with Crippen LogP contribution < -0.4 is 20.7 Å². The average Bonchev–Trinajstić information content (AvgIpc) is 2.77. The van der Waals surface area contributed by atoms with Gasteiger partial charge in [0, 0.05) is 24.6 Å². The lowest BCUT2D eigenvalue weighted by Gasteiger charge is -2.31. The first kappa shape index (κ1) is 26.0. The number of fused-ring (bicyclic) bond motifs is 1. The number of alkyl carbamates (subject to hydrolysis) is 1. The first-order chi connectivity index (χ1) is 16.6. The van der Waals surface area contributed by atoms with Crippen molar-refractivity contribution in [1.29, 1.82) is 0 Å². The van der Waals surface area contributed by atoms with Crippen LogP contribution in [0, 0.1) is 0 Å². The van der Waals surface area contributed by atoms with Crippen LogP contribution in [0.4, 0.5) is 22.0 Å². The Morgan fingerprint density at radius 3 is 2.69 bits per heavy atom. The number of nitrogens with one attached hydrogen (secondary N) is 3. The minimum atomic E-state index is -0.788. The zero-order valence-electron chi connectivity index (χ0n) is 20.7. The Balaban J connectivity index is 1.73. The van der Waals surface area contributed by atoms with Gasteiger partial charge in [-0.3, -0.25) is 9.78 Å². The lowest BCUT2D eigenvalue weighted by molar-refractivity contribution is -0.140. The summed E-state index contributed by atoms with van der Waals surface area (Å²) < 4.78 is 15.5. The van der Waals surface area contributed by atoms with Gasteiger partial charge in [-0.2, -0.15) is 4.98 Å². The highest BCUT2D eigenvalue weighted by Gasteiger charge is 2.30. The molecular formula is C24H33N5O6.